The maximum Gasteiger partial charge on any atom is 0.417 e. The second-order valence-corrected chi connectivity index (χ2v) is 5.47. The molecule has 3 aromatic rings. The number of hydrogen-bond acceptors (Lipinski definition) is 3. The number of benzene rings is 2. The summed E-state index contributed by atoms with van der Waals surface area (Å²) in [4.78, 5) is 14.8. The van der Waals surface area contributed by atoms with Gasteiger partial charge in [0.15, 0.2) is 0 Å². The van der Waals surface area contributed by atoms with Crippen LogP contribution in [0.1, 0.15) is 21.7 Å². The summed E-state index contributed by atoms with van der Waals surface area (Å²) in [5.74, 6) is -0.954. The van der Waals surface area contributed by atoms with E-state index in [4.69, 9.17) is 5.73 Å². The Hall–Kier alpha value is -3.16. The number of carbonyl (C=O) groups is 1. The molecule has 0 saturated heterocycles. The molecule has 5 nitrogen and oxygen atoms in total. The minimum absolute atomic E-state index is 0.0650. The Labute approximate surface area is 140 Å². The third-order valence-electron chi connectivity index (χ3n) is 3.61. The van der Waals surface area contributed by atoms with Gasteiger partial charge in [-0.15, -0.1) is 5.10 Å². The van der Waals surface area contributed by atoms with Crippen LogP contribution in [0.3, 0.4) is 0 Å². The minimum atomic E-state index is -4.47. The van der Waals surface area contributed by atoms with Crippen molar-refractivity contribution in [2.45, 2.75) is 13.1 Å². The molecule has 0 saturated carbocycles. The first-order valence-corrected chi connectivity index (χ1v) is 7.26. The molecule has 3 rings (SSSR count). The number of amides is 1. The molecule has 0 fully saturated rings. The second kappa shape index (κ2) is 6.04. The van der Waals surface area contributed by atoms with Gasteiger partial charge >= 0.3 is 6.18 Å². The summed E-state index contributed by atoms with van der Waals surface area (Å²) in [6.45, 7) is 1.61. The van der Waals surface area contributed by atoms with Crippen molar-refractivity contribution in [2.75, 3.05) is 0 Å². The molecule has 0 radical (unpaired) electrons. The summed E-state index contributed by atoms with van der Waals surface area (Å²) in [6, 6.07) is 10.5. The summed E-state index contributed by atoms with van der Waals surface area (Å²) < 4.78 is 41.3. The van der Waals surface area contributed by atoms with Crippen molar-refractivity contribution in [3.8, 4) is 16.8 Å². The van der Waals surface area contributed by atoms with Crippen LogP contribution in [-0.2, 0) is 6.18 Å². The summed E-state index contributed by atoms with van der Waals surface area (Å²) in [6.07, 6.45) is -3.19. The molecular formula is C17H13F3N4O. The van der Waals surface area contributed by atoms with Crippen molar-refractivity contribution in [3.05, 3.63) is 65.7 Å². The van der Waals surface area contributed by atoms with Crippen molar-refractivity contribution < 1.29 is 18.0 Å². The van der Waals surface area contributed by atoms with Gasteiger partial charge in [-0.2, -0.15) is 13.2 Å². The van der Waals surface area contributed by atoms with E-state index in [1.54, 1.807) is 37.3 Å². The van der Waals surface area contributed by atoms with E-state index in [0.29, 0.717) is 16.8 Å². The van der Waals surface area contributed by atoms with E-state index in [1.807, 2.05) is 0 Å². The van der Waals surface area contributed by atoms with Crippen LogP contribution in [0.5, 0.6) is 0 Å². The monoisotopic (exact) mass is 346 g/mol. The molecule has 0 aliphatic rings. The molecule has 2 N–H and O–H groups in total. The van der Waals surface area contributed by atoms with E-state index < -0.39 is 17.6 Å². The van der Waals surface area contributed by atoms with Gasteiger partial charge in [0.2, 0.25) is 5.82 Å². The maximum atomic E-state index is 13.4. The van der Waals surface area contributed by atoms with Crippen LogP contribution in [0.25, 0.3) is 16.8 Å². The lowest BCUT2D eigenvalue weighted by molar-refractivity contribution is -0.137. The van der Waals surface area contributed by atoms with Gasteiger partial charge in [0.25, 0.3) is 5.91 Å². The molecule has 1 heterocycles. The van der Waals surface area contributed by atoms with Crippen LogP contribution in [0.15, 0.2) is 48.8 Å². The molecular weight excluding hydrogens is 333 g/mol. The predicted molar refractivity (Wildman–Crippen MR) is 85.1 cm³/mol. The number of nitrogens with two attached hydrogens (primary N) is 1. The minimum Gasteiger partial charge on any atom is -0.363 e. The fraction of sp³-hybridized carbons (Fsp3) is 0.118. The van der Waals surface area contributed by atoms with E-state index in [0.717, 1.165) is 6.07 Å². The van der Waals surface area contributed by atoms with Crippen LogP contribution in [0.2, 0.25) is 0 Å². The van der Waals surface area contributed by atoms with Crippen LogP contribution >= 0.6 is 0 Å². The predicted octanol–water partition coefficient (Wildman–Crippen LogP) is 3.36. The van der Waals surface area contributed by atoms with Gasteiger partial charge in [-0.1, -0.05) is 29.8 Å². The number of hydrogen-bond donors (Lipinski definition) is 1. The highest BCUT2D eigenvalue weighted by Gasteiger charge is 2.33. The zero-order valence-electron chi connectivity index (χ0n) is 13.1. The normalized spacial score (nSPS) is 11.5. The van der Waals surface area contributed by atoms with Gasteiger partial charge in [0.05, 0.1) is 11.3 Å². The van der Waals surface area contributed by atoms with Gasteiger partial charge in [-0.3, -0.25) is 4.79 Å². The highest BCUT2D eigenvalue weighted by atomic mass is 19.4. The fourth-order valence-electron chi connectivity index (χ4n) is 2.46. The van der Waals surface area contributed by atoms with E-state index in [2.05, 4.69) is 10.1 Å². The Morgan fingerprint density at radius 1 is 1.16 bits per heavy atom. The third-order valence-corrected chi connectivity index (χ3v) is 3.61. The number of rotatable bonds is 3. The summed E-state index contributed by atoms with van der Waals surface area (Å²) in [5.41, 5.74) is 5.83. The SMILES string of the molecule is Cc1ccc(-c2cccc(-n3cnc(C(N)=O)n3)c2)c(C(F)(F)F)c1. The van der Waals surface area contributed by atoms with Crippen molar-refractivity contribution >= 4 is 5.91 Å². The van der Waals surface area contributed by atoms with Crippen molar-refractivity contribution in [1.29, 1.82) is 0 Å². The molecule has 8 heteroatoms. The first-order chi connectivity index (χ1) is 11.8. The standard InChI is InChI=1S/C17H13F3N4O/c1-10-5-6-13(14(7-10)17(18,19)20)11-3-2-4-12(8-11)24-9-22-16(23-24)15(21)25/h2-9H,1H3,(H2,21,25). The Balaban J connectivity index is 2.09. The maximum absolute atomic E-state index is 13.4. The molecule has 0 aliphatic heterocycles. The second-order valence-electron chi connectivity index (χ2n) is 5.47. The number of nitrogens with zero attached hydrogens (tertiary/aromatic N) is 3. The number of primary amides is 1. The number of aryl methyl sites for hydroxylation is 1. The summed E-state index contributed by atoms with van der Waals surface area (Å²) in [5, 5.41) is 3.91. The van der Waals surface area contributed by atoms with E-state index in [9.17, 15) is 18.0 Å². The van der Waals surface area contributed by atoms with Crippen molar-refractivity contribution in [3.63, 3.8) is 0 Å². The van der Waals surface area contributed by atoms with Crippen LogP contribution in [0.4, 0.5) is 13.2 Å². The average Bonchev–Trinajstić information content (AvgIpc) is 3.04. The lowest BCUT2D eigenvalue weighted by Crippen LogP contribution is -2.13. The topological polar surface area (TPSA) is 73.8 Å². The molecule has 1 aromatic heterocycles. The van der Waals surface area contributed by atoms with Gasteiger partial charge < -0.3 is 5.73 Å². The van der Waals surface area contributed by atoms with Gasteiger partial charge in [-0.05, 0) is 36.2 Å². The molecule has 1 amide bonds. The zero-order valence-corrected chi connectivity index (χ0v) is 13.1. The van der Waals surface area contributed by atoms with E-state index in [1.165, 1.54) is 17.1 Å². The van der Waals surface area contributed by atoms with Crippen molar-refractivity contribution in [1.82, 2.24) is 14.8 Å². The Morgan fingerprint density at radius 3 is 2.56 bits per heavy atom. The summed E-state index contributed by atoms with van der Waals surface area (Å²) in [7, 11) is 0. The number of alkyl halides is 3. The molecule has 0 bridgehead atoms. The van der Waals surface area contributed by atoms with Crippen LogP contribution in [-0.4, -0.2) is 20.7 Å². The average molecular weight is 346 g/mol. The Bertz CT molecular complexity index is 947. The smallest absolute Gasteiger partial charge is 0.363 e. The molecule has 0 unspecified atom stereocenters. The zero-order chi connectivity index (χ0) is 18.2. The van der Waals surface area contributed by atoms with Crippen molar-refractivity contribution in [2.24, 2.45) is 5.73 Å². The van der Waals surface area contributed by atoms with Crippen LogP contribution in [0, 0.1) is 6.92 Å². The van der Waals surface area contributed by atoms with Gasteiger partial charge in [0.1, 0.15) is 6.33 Å². The quantitative estimate of drug-likeness (QED) is 0.790. The van der Waals surface area contributed by atoms with Crippen LogP contribution < -0.4 is 5.73 Å². The van der Waals surface area contributed by atoms with E-state index >= 15 is 0 Å². The summed E-state index contributed by atoms with van der Waals surface area (Å²) >= 11 is 0. The van der Waals surface area contributed by atoms with Gasteiger partial charge in [0, 0.05) is 0 Å². The lowest BCUT2D eigenvalue weighted by Gasteiger charge is -2.14. The largest absolute Gasteiger partial charge is 0.417 e. The lowest BCUT2D eigenvalue weighted by atomic mass is 9.97. The number of aromatic nitrogens is 3. The first kappa shape index (κ1) is 16.7. The molecule has 0 atom stereocenters. The van der Waals surface area contributed by atoms with E-state index in [-0.39, 0.29) is 11.4 Å². The molecule has 0 aliphatic carbocycles. The Kier molecular flexibility index (Phi) is 4.03. The van der Waals surface area contributed by atoms with Gasteiger partial charge in [-0.25, -0.2) is 9.67 Å². The number of halogens is 3. The fourth-order valence-corrected chi connectivity index (χ4v) is 2.46. The third kappa shape index (κ3) is 3.37. The highest BCUT2D eigenvalue weighted by Crippen LogP contribution is 2.38. The molecule has 25 heavy (non-hydrogen) atoms. The molecule has 0 spiro atoms. The number of carbonyl (C=O) groups excluding carboxylic acids is 1. The molecule has 128 valence electrons. The molecule has 2 aromatic carbocycles. The highest BCUT2D eigenvalue weighted by molar-refractivity contribution is 5.88. The first-order valence-electron chi connectivity index (χ1n) is 7.26. The Morgan fingerprint density at radius 2 is 1.92 bits per heavy atom.